The molecule has 0 aliphatic heterocycles. The van der Waals surface area contributed by atoms with Crippen LogP contribution in [0, 0.1) is 0 Å². The van der Waals surface area contributed by atoms with Gasteiger partial charge in [-0.1, -0.05) is 18.2 Å². The van der Waals surface area contributed by atoms with E-state index in [4.69, 9.17) is 11.6 Å². The predicted octanol–water partition coefficient (Wildman–Crippen LogP) is 3.60. The Balaban J connectivity index is 1.85. The first-order chi connectivity index (χ1) is 9.22. The number of nitrogens with one attached hydrogen (secondary N) is 1. The van der Waals surface area contributed by atoms with Crippen LogP contribution in [-0.2, 0) is 0 Å². The van der Waals surface area contributed by atoms with E-state index in [0.29, 0.717) is 10.6 Å². The third-order valence-corrected chi connectivity index (χ3v) is 3.84. The van der Waals surface area contributed by atoms with E-state index in [9.17, 15) is 4.79 Å². The van der Waals surface area contributed by atoms with Crippen molar-refractivity contribution in [2.75, 3.05) is 5.32 Å². The normalized spacial score (nSPS) is 10.6. The number of hydrogen-bond donors (Lipinski definition) is 1. The molecular weight excluding hydrogens is 282 g/mol. The number of hydrogen-bond acceptors (Lipinski definition) is 4. The molecule has 19 heavy (non-hydrogen) atoms. The number of nitrogens with zero attached hydrogens (tertiary/aromatic N) is 2. The van der Waals surface area contributed by atoms with E-state index in [1.165, 1.54) is 23.7 Å². The molecular formula is C13H8ClN3OS. The SMILES string of the molecule is O=C(Nc1cnc(Cl)nc1)c1cc2ccccc2s1. The quantitative estimate of drug-likeness (QED) is 0.733. The Morgan fingerprint density at radius 2 is 1.95 bits per heavy atom. The number of carbonyl (C=O) groups is 1. The van der Waals surface area contributed by atoms with Gasteiger partial charge in [0.2, 0.25) is 5.28 Å². The minimum Gasteiger partial charge on any atom is -0.319 e. The van der Waals surface area contributed by atoms with Gasteiger partial charge in [0.05, 0.1) is 23.0 Å². The van der Waals surface area contributed by atoms with Gasteiger partial charge in [0.25, 0.3) is 5.91 Å². The Morgan fingerprint density at radius 1 is 1.21 bits per heavy atom. The zero-order valence-electron chi connectivity index (χ0n) is 9.63. The number of rotatable bonds is 2. The maximum atomic E-state index is 12.1. The van der Waals surface area contributed by atoms with Crippen LogP contribution in [0.2, 0.25) is 5.28 Å². The summed E-state index contributed by atoms with van der Waals surface area (Å²) in [6.07, 6.45) is 2.95. The van der Waals surface area contributed by atoms with E-state index in [2.05, 4.69) is 15.3 Å². The van der Waals surface area contributed by atoms with Crippen molar-refractivity contribution in [2.24, 2.45) is 0 Å². The highest BCUT2D eigenvalue weighted by molar-refractivity contribution is 7.20. The van der Waals surface area contributed by atoms with Gasteiger partial charge in [-0.15, -0.1) is 11.3 Å². The van der Waals surface area contributed by atoms with Gasteiger partial charge in [0.15, 0.2) is 0 Å². The first-order valence-electron chi connectivity index (χ1n) is 5.50. The van der Waals surface area contributed by atoms with Gasteiger partial charge in [-0.25, -0.2) is 9.97 Å². The van der Waals surface area contributed by atoms with Crippen LogP contribution in [0.4, 0.5) is 5.69 Å². The number of amides is 1. The van der Waals surface area contributed by atoms with Crippen molar-refractivity contribution in [3.8, 4) is 0 Å². The first-order valence-corrected chi connectivity index (χ1v) is 6.69. The Labute approximate surface area is 118 Å². The fraction of sp³-hybridized carbons (Fsp3) is 0. The molecule has 0 radical (unpaired) electrons. The second kappa shape index (κ2) is 4.95. The van der Waals surface area contributed by atoms with Crippen molar-refractivity contribution in [2.45, 2.75) is 0 Å². The molecule has 1 aromatic carbocycles. The summed E-state index contributed by atoms with van der Waals surface area (Å²) in [5, 5.41) is 3.95. The molecule has 3 aromatic rings. The summed E-state index contributed by atoms with van der Waals surface area (Å²) in [6.45, 7) is 0. The highest BCUT2D eigenvalue weighted by Gasteiger charge is 2.10. The topological polar surface area (TPSA) is 54.9 Å². The van der Waals surface area contributed by atoms with E-state index in [-0.39, 0.29) is 11.2 Å². The first kappa shape index (κ1) is 12.1. The zero-order chi connectivity index (χ0) is 13.2. The second-order valence-corrected chi connectivity index (χ2v) is 5.27. The number of carbonyl (C=O) groups excluding carboxylic acids is 1. The number of benzene rings is 1. The van der Waals surface area contributed by atoms with Crippen molar-refractivity contribution in [3.05, 3.63) is 52.9 Å². The Kier molecular flexibility index (Phi) is 3.15. The smallest absolute Gasteiger partial charge is 0.265 e. The maximum Gasteiger partial charge on any atom is 0.265 e. The molecule has 0 saturated heterocycles. The lowest BCUT2D eigenvalue weighted by Crippen LogP contribution is -2.10. The van der Waals surface area contributed by atoms with Crippen LogP contribution in [-0.4, -0.2) is 15.9 Å². The molecule has 0 bridgehead atoms. The molecule has 0 atom stereocenters. The molecule has 0 spiro atoms. The molecule has 6 heteroatoms. The average Bonchev–Trinajstić information content (AvgIpc) is 2.85. The molecule has 0 unspecified atom stereocenters. The fourth-order valence-electron chi connectivity index (χ4n) is 1.66. The Bertz CT molecular complexity index is 706. The predicted molar refractivity (Wildman–Crippen MR) is 76.8 cm³/mol. The van der Waals surface area contributed by atoms with Crippen LogP contribution in [0.5, 0.6) is 0 Å². The molecule has 0 fully saturated rings. The molecule has 3 rings (SSSR count). The summed E-state index contributed by atoms with van der Waals surface area (Å²) in [7, 11) is 0. The van der Waals surface area contributed by atoms with Crippen LogP contribution in [0.15, 0.2) is 42.7 Å². The lowest BCUT2D eigenvalue weighted by atomic mass is 10.2. The molecule has 2 heterocycles. The van der Waals surface area contributed by atoms with E-state index in [1.54, 1.807) is 0 Å². The number of fused-ring (bicyclic) bond motifs is 1. The highest BCUT2D eigenvalue weighted by Crippen LogP contribution is 2.25. The molecule has 94 valence electrons. The lowest BCUT2D eigenvalue weighted by Gasteiger charge is -2.01. The number of aromatic nitrogens is 2. The maximum absolute atomic E-state index is 12.1. The van der Waals surface area contributed by atoms with Gasteiger partial charge in [-0.05, 0) is 29.1 Å². The highest BCUT2D eigenvalue weighted by atomic mass is 35.5. The molecule has 1 N–H and O–H groups in total. The summed E-state index contributed by atoms with van der Waals surface area (Å²) < 4.78 is 1.08. The van der Waals surface area contributed by atoms with Gasteiger partial charge in [-0.2, -0.15) is 0 Å². The van der Waals surface area contributed by atoms with Crippen LogP contribution in [0.1, 0.15) is 9.67 Å². The van der Waals surface area contributed by atoms with Crippen LogP contribution >= 0.6 is 22.9 Å². The molecule has 1 amide bonds. The van der Waals surface area contributed by atoms with Crippen molar-refractivity contribution in [1.82, 2.24) is 9.97 Å². The Hall–Kier alpha value is -1.98. The van der Waals surface area contributed by atoms with Gasteiger partial charge in [0, 0.05) is 4.70 Å². The molecule has 2 aromatic heterocycles. The van der Waals surface area contributed by atoms with Gasteiger partial charge < -0.3 is 5.32 Å². The third-order valence-electron chi connectivity index (χ3n) is 2.53. The van der Waals surface area contributed by atoms with Crippen LogP contribution in [0.25, 0.3) is 10.1 Å². The largest absolute Gasteiger partial charge is 0.319 e. The lowest BCUT2D eigenvalue weighted by molar-refractivity contribution is 0.103. The minimum absolute atomic E-state index is 0.153. The molecule has 0 aliphatic rings. The minimum atomic E-state index is -0.174. The van der Waals surface area contributed by atoms with Crippen molar-refractivity contribution in [3.63, 3.8) is 0 Å². The van der Waals surface area contributed by atoms with Crippen LogP contribution in [0.3, 0.4) is 0 Å². The van der Waals surface area contributed by atoms with Gasteiger partial charge in [0.1, 0.15) is 0 Å². The fourth-order valence-corrected chi connectivity index (χ4v) is 2.72. The summed E-state index contributed by atoms with van der Waals surface area (Å²) in [5.74, 6) is -0.174. The van der Waals surface area contributed by atoms with E-state index < -0.39 is 0 Å². The van der Waals surface area contributed by atoms with Gasteiger partial charge >= 0.3 is 0 Å². The summed E-state index contributed by atoms with van der Waals surface area (Å²) in [6, 6.07) is 9.74. The van der Waals surface area contributed by atoms with E-state index >= 15 is 0 Å². The average molecular weight is 290 g/mol. The van der Waals surface area contributed by atoms with Crippen molar-refractivity contribution in [1.29, 1.82) is 0 Å². The Morgan fingerprint density at radius 3 is 2.68 bits per heavy atom. The summed E-state index contributed by atoms with van der Waals surface area (Å²) in [4.78, 5) is 20.4. The molecule has 0 aliphatic carbocycles. The second-order valence-electron chi connectivity index (χ2n) is 3.84. The number of anilines is 1. The summed E-state index contributed by atoms with van der Waals surface area (Å²) in [5.41, 5.74) is 0.520. The zero-order valence-corrected chi connectivity index (χ0v) is 11.2. The van der Waals surface area contributed by atoms with Crippen molar-refractivity contribution < 1.29 is 4.79 Å². The van der Waals surface area contributed by atoms with E-state index in [0.717, 1.165) is 10.1 Å². The van der Waals surface area contributed by atoms with Crippen LogP contribution < -0.4 is 5.32 Å². The standard InChI is InChI=1S/C13H8ClN3OS/c14-13-15-6-9(7-16-13)17-12(18)11-5-8-3-1-2-4-10(8)19-11/h1-7H,(H,17,18). The van der Waals surface area contributed by atoms with Gasteiger partial charge in [-0.3, -0.25) is 4.79 Å². The monoisotopic (exact) mass is 289 g/mol. The number of thiophene rings is 1. The van der Waals surface area contributed by atoms with Crippen molar-refractivity contribution >= 4 is 44.6 Å². The third kappa shape index (κ3) is 2.57. The summed E-state index contributed by atoms with van der Waals surface area (Å²) >= 11 is 7.03. The molecule has 0 saturated carbocycles. The molecule has 4 nitrogen and oxygen atoms in total. The van der Waals surface area contributed by atoms with E-state index in [1.807, 2.05) is 30.3 Å². The number of halogens is 1.